The number of aromatic nitrogens is 6. The molecule has 240 valence electrons. The van der Waals surface area contributed by atoms with Crippen LogP contribution in [0.5, 0.6) is 11.6 Å². The standard InChI is InChI=1S/C35H30FN9O3/c1-20(28-19-44(4)45(34(28)46)26-12-8-23(36)9-13-26)40-25-10-14-27(15-11-25)47-32-30-29(21-6-5-7-24(37)16-21)31(22-17-39-43(3)18-22)48-33(30)42-35(38-2)41-32/h5-19,40H,1,37H2,2-4H3,(H,38,41,42). The van der Waals surface area contributed by atoms with Gasteiger partial charge in [0.15, 0.2) is 0 Å². The molecule has 0 fully saturated rings. The van der Waals surface area contributed by atoms with Gasteiger partial charge in [0.1, 0.15) is 22.7 Å². The van der Waals surface area contributed by atoms with Gasteiger partial charge < -0.3 is 25.5 Å². The van der Waals surface area contributed by atoms with Crippen molar-refractivity contribution in [2.24, 2.45) is 14.1 Å². The van der Waals surface area contributed by atoms with Crippen molar-refractivity contribution in [3.05, 3.63) is 120 Å². The van der Waals surface area contributed by atoms with Crippen LogP contribution in [0.25, 0.3) is 44.9 Å². The van der Waals surface area contributed by atoms with Crippen LogP contribution in [0.15, 0.2) is 107 Å². The third kappa shape index (κ3) is 5.53. The van der Waals surface area contributed by atoms with E-state index >= 15 is 0 Å². The van der Waals surface area contributed by atoms with Gasteiger partial charge in [0, 0.05) is 56.2 Å². The third-order valence-corrected chi connectivity index (χ3v) is 7.70. The van der Waals surface area contributed by atoms with E-state index in [1.165, 1.54) is 16.8 Å². The summed E-state index contributed by atoms with van der Waals surface area (Å²) >= 11 is 0. The molecule has 0 aliphatic heterocycles. The van der Waals surface area contributed by atoms with Crippen molar-refractivity contribution in [1.82, 2.24) is 29.1 Å². The molecule has 4 N–H and O–H groups in total. The number of hydrogen-bond acceptors (Lipinski definition) is 9. The maximum absolute atomic E-state index is 13.5. The number of nitrogens with zero attached hydrogens (tertiary/aromatic N) is 6. The first-order chi connectivity index (χ1) is 23.2. The first kappa shape index (κ1) is 30.0. The number of benzene rings is 3. The monoisotopic (exact) mass is 643 g/mol. The van der Waals surface area contributed by atoms with Crippen molar-refractivity contribution >= 4 is 34.1 Å². The number of hydrogen-bond donors (Lipinski definition) is 3. The molecule has 48 heavy (non-hydrogen) atoms. The molecular formula is C35H30FN9O3. The Morgan fingerprint density at radius 3 is 2.46 bits per heavy atom. The van der Waals surface area contributed by atoms with Gasteiger partial charge in [-0.3, -0.25) is 14.2 Å². The first-order valence-electron chi connectivity index (χ1n) is 14.8. The highest BCUT2D eigenvalue weighted by molar-refractivity contribution is 6.03. The highest BCUT2D eigenvalue weighted by Crippen LogP contribution is 2.45. The molecule has 7 rings (SSSR count). The van der Waals surface area contributed by atoms with E-state index in [-0.39, 0.29) is 17.3 Å². The van der Waals surface area contributed by atoms with Crippen LogP contribution >= 0.6 is 0 Å². The molecular weight excluding hydrogens is 613 g/mol. The molecule has 0 aliphatic carbocycles. The quantitative estimate of drug-likeness (QED) is 0.152. The SMILES string of the molecule is C=C(Nc1ccc(Oc2nc(NC)nc3oc(-c4cnn(C)c4)c(-c4cccc(N)c4)c23)cc1)c1cn(C)n(-c2ccc(F)cc2)c1=O. The maximum atomic E-state index is 13.5. The second-order valence-corrected chi connectivity index (χ2v) is 11.1. The van der Waals surface area contributed by atoms with Gasteiger partial charge in [-0.2, -0.15) is 15.1 Å². The number of ether oxygens (including phenoxy) is 1. The Bertz CT molecular complexity index is 2370. The van der Waals surface area contributed by atoms with Crippen molar-refractivity contribution in [2.75, 3.05) is 23.4 Å². The van der Waals surface area contributed by atoms with Gasteiger partial charge >= 0.3 is 0 Å². The summed E-state index contributed by atoms with van der Waals surface area (Å²) in [5.74, 6) is 1.25. The van der Waals surface area contributed by atoms with E-state index in [1.54, 1.807) is 72.3 Å². The largest absolute Gasteiger partial charge is 0.438 e. The van der Waals surface area contributed by atoms with Crippen molar-refractivity contribution in [2.45, 2.75) is 0 Å². The molecule has 0 aliphatic rings. The molecule has 3 aromatic carbocycles. The number of nitrogens with two attached hydrogens (primary N) is 1. The fourth-order valence-electron chi connectivity index (χ4n) is 5.47. The Kier molecular flexibility index (Phi) is 7.48. The summed E-state index contributed by atoms with van der Waals surface area (Å²) in [5.41, 5.74) is 11.0. The minimum atomic E-state index is -0.382. The lowest BCUT2D eigenvalue weighted by Crippen LogP contribution is -2.21. The Balaban J connectivity index is 1.21. The maximum Gasteiger partial charge on any atom is 0.280 e. The lowest BCUT2D eigenvalue weighted by molar-refractivity contribution is 0.468. The van der Waals surface area contributed by atoms with E-state index < -0.39 is 0 Å². The number of fused-ring (bicyclic) bond motifs is 1. The molecule has 4 aromatic heterocycles. The van der Waals surface area contributed by atoms with E-state index in [0.717, 1.165) is 11.1 Å². The highest BCUT2D eigenvalue weighted by Gasteiger charge is 2.25. The van der Waals surface area contributed by atoms with Gasteiger partial charge in [-0.05, 0) is 66.2 Å². The number of halogens is 1. The number of furan rings is 1. The third-order valence-electron chi connectivity index (χ3n) is 7.70. The minimum Gasteiger partial charge on any atom is -0.438 e. The van der Waals surface area contributed by atoms with Crippen molar-refractivity contribution < 1.29 is 13.5 Å². The van der Waals surface area contributed by atoms with Crippen LogP contribution in [-0.4, -0.2) is 36.2 Å². The summed E-state index contributed by atoms with van der Waals surface area (Å²) in [6, 6.07) is 20.3. The Morgan fingerprint density at radius 2 is 1.77 bits per heavy atom. The van der Waals surface area contributed by atoms with Crippen LogP contribution in [0.3, 0.4) is 0 Å². The molecule has 4 heterocycles. The zero-order chi connectivity index (χ0) is 33.5. The molecule has 0 unspecified atom stereocenters. The number of aryl methyl sites for hydroxylation is 2. The summed E-state index contributed by atoms with van der Waals surface area (Å²) in [7, 11) is 5.27. The van der Waals surface area contributed by atoms with Crippen LogP contribution in [0.2, 0.25) is 0 Å². The Hall–Kier alpha value is -6.63. The van der Waals surface area contributed by atoms with Crippen LogP contribution in [0.1, 0.15) is 5.56 Å². The minimum absolute atomic E-state index is 0.274. The lowest BCUT2D eigenvalue weighted by Gasteiger charge is -2.11. The molecule has 0 amide bonds. The number of anilines is 3. The predicted molar refractivity (Wildman–Crippen MR) is 184 cm³/mol. The van der Waals surface area contributed by atoms with Crippen molar-refractivity contribution in [3.8, 4) is 39.8 Å². The van der Waals surface area contributed by atoms with Gasteiger partial charge in [-0.1, -0.05) is 18.7 Å². The lowest BCUT2D eigenvalue weighted by atomic mass is 10.0. The van der Waals surface area contributed by atoms with E-state index in [2.05, 4.69) is 32.3 Å². The van der Waals surface area contributed by atoms with Gasteiger partial charge in [0.25, 0.3) is 5.56 Å². The number of rotatable bonds is 9. The van der Waals surface area contributed by atoms with E-state index in [1.807, 2.05) is 37.5 Å². The zero-order valence-corrected chi connectivity index (χ0v) is 26.2. The van der Waals surface area contributed by atoms with E-state index in [9.17, 15) is 9.18 Å². The van der Waals surface area contributed by atoms with Gasteiger partial charge in [0.2, 0.25) is 17.5 Å². The predicted octanol–water partition coefficient (Wildman–Crippen LogP) is 6.42. The summed E-state index contributed by atoms with van der Waals surface area (Å²) in [4.78, 5) is 22.5. The Labute approximate surface area is 273 Å². The van der Waals surface area contributed by atoms with Crippen LogP contribution in [0.4, 0.5) is 21.7 Å². The molecule has 0 bridgehead atoms. The van der Waals surface area contributed by atoms with Crippen LogP contribution < -0.4 is 26.7 Å². The second-order valence-electron chi connectivity index (χ2n) is 11.1. The summed E-state index contributed by atoms with van der Waals surface area (Å²) in [6.07, 6.45) is 5.24. The molecule has 0 spiro atoms. The summed E-state index contributed by atoms with van der Waals surface area (Å²) in [5, 5.41) is 11.1. The average Bonchev–Trinajstić information content (AvgIpc) is 3.77. The van der Waals surface area contributed by atoms with Gasteiger partial charge in [-0.15, -0.1) is 0 Å². The van der Waals surface area contributed by atoms with Crippen LogP contribution in [0, 0.1) is 5.82 Å². The number of nitrogens with one attached hydrogen (secondary N) is 2. The van der Waals surface area contributed by atoms with E-state index in [4.69, 9.17) is 14.9 Å². The second kappa shape index (κ2) is 11.9. The molecule has 13 heteroatoms. The zero-order valence-electron chi connectivity index (χ0n) is 26.2. The van der Waals surface area contributed by atoms with Crippen molar-refractivity contribution in [3.63, 3.8) is 0 Å². The molecule has 7 aromatic rings. The van der Waals surface area contributed by atoms with E-state index in [0.29, 0.717) is 62.4 Å². The fraction of sp³-hybridized carbons (Fsp3) is 0.0857. The molecule has 0 atom stereocenters. The number of nitrogen functional groups attached to an aromatic ring is 1. The van der Waals surface area contributed by atoms with Gasteiger partial charge in [-0.25, -0.2) is 9.07 Å². The molecule has 12 nitrogen and oxygen atoms in total. The highest BCUT2D eigenvalue weighted by atomic mass is 19.1. The van der Waals surface area contributed by atoms with Crippen LogP contribution in [-0.2, 0) is 14.1 Å². The molecule has 0 radical (unpaired) electrons. The normalized spacial score (nSPS) is 11.2. The van der Waals surface area contributed by atoms with Crippen molar-refractivity contribution in [1.29, 1.82) is 0 Å². The molecule has 0 saturated carbocycles. The summed E-state index contributed by atoms with van der Waals surface area (Å²) in [6.45, 7) is 4.08. The fourth-order valence-corrected chi connectivity index (χ4v) is 5.47. The average molecular weight is 644 g/mol. The Morgan fingerprint density at radius 1 is 1.00 bits per heavy atom. The first-order valence-corrected chi connectivity index (χ1v) is 14.8. The topological polar surface area (TPSA) is 143 Å². The molecule has 0 saturated heterocycles. The van der Waals surface area contributed by atoms with Gasteiger partial charge in [0.05, 0.1) is 23.0 Å². The summed E-state index contributed by atoms with van der Waals surface area (Å²) < 4.78 is 30.9. The smallest absolute Gasteiger partial charge is 0.280 e.